The Morgan fingerprint density at radius 3 is 2.18 bits per heavy atom. The zero-order valence-corrected chi connectivity index (χ0v) is 21.7. The van der Waals surface area contributed by atoms with E-state index in [1.165, 1.54) is 17.0 Å². The van der Waals surface area contributed by atoms with Gasteiger partial charge in [-0.2, -0.15) is 0 Å². The fourth-order valence-electron chi connectivity index (χ4n) is 3.57. The first kappa shape index (κ1) is 26.2. The van der Waals surface area contributed by atoms with Gasteiger partial charge in [0.2, 0.25) is 5.91 Å². The quantitative estimate of drug-likeness (QED) is 0.310. The summed E-state index contributed by atoms with van der Waals surface area (Å²) in [6.07, 6.45) is 0. The van der Waals surface area contributed by atoms with Gasteiger partial charge in [-0.05, 0) is 65.7 Å². The molecule has 0 saturated carbocycles. The van der Waals surface area contributed by atoms with Gasteiger partial charge in [-0.3, -0.25) is 9.59 Å². The first-order valence-electron chi connectivity index (χ1n) is 10.9. The molecule has 0 aliphatic heterocycles. The summed E-state index contributed by atoms with van der Waals surface area (Å²) in [5, 5.41) is 2.71. The van der Waals surface area contributed by atoms with Gasteiger partial charge in [0.05, 0.1) is 6.54 Å². The molecular weight excluding hydrogens is 494 g/mol. The second-order valence-electron chi connectivity index (χ2n) is 8.64. The van der Waals surface area contributed by atoms with E-state index in [0.29, 0.717) is 35.2 Å². The zero-order valence-electron chi connectivity index (χ0n) is 19.4. The highest BCUT2D eigenvalue weighted by Crippen LogP contribution is 2.22. The third-order valence-corrected chi connectivity index (χ3v) is 6.69. The van der Waals surface area contributed by atoms with Crippen LogP contribution in [0.3, 0.4) is 0 Å². The van der Waals surface area contributed by atoms with Crippen molar-refractivity contribution in [2.24, 2.45) is 5.92 Å². The molecule has 1 heterocycles. The summed E-state index contributed by atoms with van der Waals surface area (Å²) in [6, 6.07) is 12.8. The number of nitrogens with zero attached hydrogens (tertiary/aromatic N) is 2. The van der Waals surface area contributed by atoms with E-state index in [1.807, 2.05) is 32.2 Å². The van der Waals surface area contributed by atoms with Crippen LogP contribution in [0.25, 0.3) is 0 Å². The van der Waals surface area contributed by atoms with Crippen LogP contribution in [0.5, 0.6) is 0 Å². The van der Waals surface area contributed by atoms with Crippen molar-refractivity contribution in [1.82, 2.24) is 9.80 Å². The molecule has 8 heteroatoms. The molecular formula is C26H27Cl2FN2O2S. The fourth-order valence-corrected chi connectivity index (χ4v) is 5.01. The Hall–Kier alpha value is -2.41. The minimum atomic E-state index is -0.329. The van der Waals surface area contributed by atoms with E-state index in [1.54, 1.807) is 46.6 Å². The standard InChI is InChI=1S/C26H27Cl2FN2O2S/c1-17(2)13-31(26(33)20-10-21(27)12-22(28)11-20)16-25(32)30(15-24-18(3)8-9-34-24)14-19-4-6-23(29)7-5-19/h4-12,17H,13-16H2,1-3H3. The topological polar surface area (TPSA) is 40.6 Å². The average Bonchev–Trinajstić information content (AvgIpc) is 3.17. The van der Waals surface area contributed by atoms with Crippen molar-refractivity contribution in [3.8, 4) is 0 Å². The van der Waals surface area contributed by atoms with E-state index in [0.717, 1.165) is 16.0 Å². The Morgan fingerprint density at radius 1 is 0.971 bits per heavy atom. The van der Waals surface area contributed by atoms with Gasteiger partial charge in [0, 0.05) is 33.6 Å². The average molecular weight is 521 g/mol. The summed E-state index contributed by atoms with van der Waals surface area (Å²) in [5.41, 5.74) is 2.25. The molecule has 3 rings (SSSR count). The largest absolute Gasteiger partial charge is 0.332 e. The number of hydrogen-bond acceptors (Lipinski definition) is 3. The van der Waals surface area contributed by atoms with Crippen LogP contribution in [-0.2, 0) is 17.9 Å². The number of halogens is 3. The molecule has 4 nitrogen and oxygen atoms in total. The van der Waals surface area contributed by atoms with Crippen LogP contribution in [0.2, 0.25) is 10.0 Å². The van der Waals surface area contributed by atoms with Gasteiger partial charge in [0.15, 0.2) is 0 Å². The van der Waals surface area contributed by atoms with Crippen LogP contribution < -0.4 is 0 Å². The summed E-state index contributed by atoms with van der Waals surface area (Å²) in [7, 11) is 0. The lowest BCUT2D eigenvalue weighted by molar-refractivity contribution is -0.133. The Bertz CT molecular complexity index is 1130. The lowest BCUT2D eigenvalue weighted by atomic mass is 10.1. The number of thiophene rings is 1. The van der Waals surface area contributed by atoms with Gasteiger partial charge in [0.25, 0.3) is 5.91 Å². The first-order chi connectivity index (χ1) is 16.1. The van der Waals surface area contributed by atoms with Crippen LogP contribution in [-0.4, -0.2) is 34.7 Å². The van der Waals surface area contributed by atoms with Gasteiger partial charge in [-0.25, -0.2) is 4.39 Å². The lowest BCUT2D eigenvalue weighted by Gasteiger charge is -2.29. The Labute approximate surface area is 213 Å². The van der Waals surface area contributed by atoms with Crippen LogP contribution in [0.1, 0.15) is 40.2 Å². The van der Waals surface area contributed by atoms with Crippen molar-refractivity contribution in [2.75, 3.05) is 13.1 Å². The molecule has 0 unspecified atom stereocenters. The molecule has 0 aliphatic carbocycles. The fraction of sp³-hybridized carbons (Fsp3) is 0.308. The maximum Gasteiger partial charge on any atom is 0.254 e. The van der Waals surface area contributed by atoms with E-state index in [2.05, 4.69) is 0 Å². The second-order valence-corrected chi connectivity index (χ2v) is 10.5. The second kappa shape index (κ2) is 11.8. The molecule has 0 fully saturated rings. The van der Waals surface area contributed by atoms with Gasteiger partial charge in [-0.1, -0.05) is 49.2 Å². The number of benzene rings is 2. The van der Waals surface area contributed by atoms with Gasteiger partial charge in [-0.15, -0.1) is 11.3 Å². The lowest BCUT2D eigenvalue weighted by Crippen LogP contribution is -2.43. The molecule has 1 aromatic heterocycles. The van der Waals surface area contributed by atoms with Crippen LogP contribution >= 0.6 is 34.5 Å². The van der Waals surface area contributed by atoms with E-state index in [-0.39, 0.29) is 30.1 Å². The number of carbonyl (C=O) groups excluding carboxylic acids is 2. The molecule has 2 amide bonds. The first-order valence-corrected chi connectivity index (χ1v) is 12.6. The number of carbonyl (C=O) groups is 2. The van der Waals surface area contributed by atoms with E-state index in [9.17, 15) is 14.0 Å². The summed E-state index contributed by atoms with van der Waals surface area (Å²) < 4.78 is 13.4. The van der Waals surface area contributed by atoms with Crippen molar-refractivity contribution in [1.29, 1.82) is 0 Å². The molecule has 3 aromatic rings. The minimum Gasteiger partial charge on any atom is -0.332 e. The number of amides is 2. The van der Waals surface area contributed by atoms with Crippen molar-refractivity contribution in [3.63, 3.8) is 0 Å². The molecule has 34 heavy (non-hydrogen) atoms. The molecule has 0 N–H and O–H groups in total. The molecule has 180 valence electrons. The maximum atomic E-state index is 13.5. The molecule has 0 atom stereocenters. The highest BCUT2D eigenvalue weighted by molar-refractivity contribution is 7.10. The normalized spacial score (nSPS) is 11.0. The molecule has 0 aliphatic rings. The van der Waals surface area contributed by atoms with Crippen molar-refractivity contribution in [3.05, 3.63) is 91.3 Å². The van der Waals surface area contributed by atoms with Crippen molar-refractivity contribution < 1.29 is 14.0 Å². The van der Waals surface area contributed by atoms with Crippen LogP contribution in [0, 0.1) is 18.7 Å². The third-order valence-electron chi connectivity index (χ3n) is 5.25. The summed E-state index contributed by atoms with van der Waals surface area (Å²) in [4.78, 5) is 31.1. The maximum absolute atomic E-state index is 13.5. The Kier molecular flexibility index (Phi) is 9.11. The predicted molar refractivity (Wildman–Crippen MR) is 137 cm³/mol. The van der Waals surface area contributed by atoms with Crippen LogP contribution in [0.4, 0.5) is 4.39 Å². The summed E-state index contributed by atoms with van der Waals surface area (Å²) in [5.74, 6) is -0.680. The minimum absolute atomic E-state index is 0.0905. The zero-order chi connectivity index (χ0) is 24.8. The number of aryl methyl sites for hydroxylation is 1. The highest BCUT2D eigenvalue weighted by Gasteiger charge is 2.24. The number of rotatable bonds is 9. The van der Waals surface area contributed by atoms with Crippen molar-refractivity contribution in [2.45, 2.75) is 33.9 Å². The number of hydrogen-bond donors (Lipinski definition) is 0. The third kappa shape index (κ3) is 7.29. The molecule has 0 spiro atoms. The Morgan fingerprint density at radius 2 is 1.62 bits per heavy atom. The summed E-state index contributed by atoms with van der Waals surface area (Å²) in [6.45, 7) is 7.01. The van der Waals surface area contributed by atoms with E-state index < -0.39 is 0 Å². The van der Waals surface area contributed by atoms with E-state index >= 15 is 0 Å². The predicted octanol–water partition coefficient (Wildman–Crippen LogP) is 6.83. The monoisotopic (exact) mass is 520 g/mol. The van der Waals surface area contributed by atoms with Crippen LogP contribution in [0.15, 0.2) is 53.9 Å². The molecule has 0 radical (unpaired) electrons. The van der Waals surface area contributed by atoms with Gasteiger partial charge in [0.1, 0.15) is 12.4 Å². The van der Waals surface area contributed by atoms with Crippen molar-refractivity contribution >= 4 is 46.4 Å². The summed E-state index contributed by atoms with van der Waals surface area (Å²) >= 11 is 13.8. The SMILES string of the molecule is Cc1ccsc1CN(Cc1ccc(F)cc1)C(=O)CN(CC(C)C)C(=O)c1cc(Cl)cc(Cl)c1. The molecule has 0 bridgehead atoms. The van der Waals surface area contributed by atoms with Gasteiger partial charge < -0.3 is 9.80 Å². The smallest absolute Gasteiger partial charge is 0.254 e. The van der Waals surface area contributed by atoms with Gasteiger partial charge >= 0.3 is 0 Å². The Balaban J connectivity index is 1.86. The van der Waals surface area contributed by atoms with E-state index in [4.69, 9.17) is 23.2 Å². The molecule has 0 saturated heterocycles. The molecule has 2 aromatic carbocycles. The highest BCUT2D eigenvalue weighted by atomic mass is 35.5.